The van der Waals surface area contributed by atoms with E-state index in [1.807, 2.05) is 44.8 Å². The van der Waals surface area contributed by atoms with Crippen LogP contribution in [0.2, 0.25) is 0 Å². The Morgan fingerprint density at radius 1 is 1.17 bits per heavy atom. The minimum atomic E-state index is -0.244. The molecule has 1 amide bonds. The number of anilines is 1. The van der Waals surface area contributed by atoms with Crippen LogP contribution in [0.1, 0.15) is 35.6 Å². The number of pyridine rings is 1. The van der Waals surface area contributed by atoms with E-state index in [1.165, 1.54) is 0 Å². The van der Waals surface area contributed by atoms with Crippen LogP contribution in [0.25, 0.3) is 22.3 Å². The Morgan fingerprint density at radius 3 is 2.62 bits per heavy atom. The van der Waals surface area contributed by atoms with Crippen LogP contribution in [0.4, 0.5) is 5.82 Å². The van der Waals surface area contributed by atoms with Crippen LogP contribution < -0.4 is 5.32 Å². The Bertz CT molecular complexity index is 1210. The Labute approximate surface area is 168 Å². The predicted octanol–water partition coefficient (Wildman–Crippen LogP) is 2.94. The van der Waals surface area contributed by atoms with Crippen LogP contribution in [-0.2, 0) is 20.1 Å². The van der Waals surface area contributed by atoms with Gasteiger partial charge in [-0.2, -0.15) is 15.3 Å². The lowest BCUT2D eigenvalue weighted by atomic mass is 10.0. The van der Waals surface area contributed by atoms with Crippen LogP contribution in [0.5, 0.6) is 0 Å². The summed E-state index contributed by atoms with van der Waals surface area (Å²) in [6.45, 7) is 9.53. The molecule has 0 saturated carbocycles. The number of hydrogen-bond donors (Lipinski definition) is 1. The number of amides is 1. The summed E-state index contributed by atoms with van der Waals surface area (Å²) in [6.07, 6.45) is 3.50. The molecule has 0 aromatic carbocycles. The van der Waals surface area contributed by atoms with E-state index in [-0.39, 0.29) is 5.91 Å². The maximum Gasteiger partial charge on any atom is 0.257 e. The monoisotopic (exact) mass is 392 g/mol. The van der Waals surface area contributed by atoms with Crippen LogP contribution >= 0.6 is 0 Å². The van der Waals surface area contributed by atoms with E-state index in [2.05, 4.69) is 27.5 Å². The van der Waals surface area contributed by atoms with E-state index in [4.69, 9.17) is 4.98 Å². The van der Waals surface area contributed by atoms with Crippen molar-refractivity contribution in [2.45, 2.75) is 40.8 Å². The van der Waals surface area contributed by atoms with Crippen molar-refractivity contribution in [2.75, 3.05) is 5.32 Å². The number of carbonyl (C=O) groups excluding carboxylic acids is 1. The molecular formula is C20H24N8O. The molecule has 150 valence electrons. The lowest BCUT2D eigenvalue weighted by molar-refractivity contribution is 0.102. The highest BCUT2D eigenvalue weighted by Gasteiger charge is 2.21. The zero-order chi connectivity index (χ0) is 20.7. The van der Waals surface area contributed by atoms with Gasteiger partial charge in [-0.3, -0.25) is 18.8 Å². The molecule has 4 heterocycles. The van der Waals surface area contributed by atoms with Crippen LogP contribution in [0, 0.1) is 13.8 Å². The van der Waals surface area contributed by atoms with E-state index < -0.39 is 0 Å². The number of carbonyl (C=O) groups is 1. The van der Waals surface area contributed by atoms with E-state index in [0.717, 1.165) is 30.0 Å². The Hall–Kier alpha value is -3.49. The van der Waals surface area contributed by atoms with Gasteiger partial charge in [0.1, 0.15) is 0 Å². The zero-order valence-corrected chi connectivity index (χ0v) is 17.3. The summed E-state index contributed by atoms with van der Waals surface area (Å²) in [5.74, 6) is 0.268. The molecule has 0 unspecified atom stereocenters. The molecule has 9 heteroatoms. The fraction of sp³-hybridized carbons (Fsp3) is 0.350. The van der Waals surface area contributed by atoms with Crippen molar-refractivity contribution in [3.63, 3.8) is 0 Å². The Kier molecular flexibility index (Phi) is 4.65. The Morgan fingerprint density at radius 2 is 1.97 bits per heavy atom. The normalized spacial score (nSPS) is 11.3. The highest BCUT2D eigenvalue weighted by atomic mass is 16.1. The van der Waals surface area contributed by atoms with Crippen molar-refractivity contribution < 1.29 is 4.79 Å². The SMILES string of the molecule is CCn1ccc(NC(=O)c2cc(-c3c(C)nn(CC)c3C)nc3c2cnn3C)n1. The lowest BCUT2D eigenvalue weighted by Gasteiger charge is -2.08. The first-order chi connectivity index (χ1) is 13.9. The molecule has 0 spiro atoms. The van der Waals surface area contributed by atoms with Crippen LogP contribution in [0.15, 0.2) is 24.5 Å². The van der Waals surface area contributed by atoms with Gasteiger partial charge >= 0.3 is 0 Å². The zero-order valence-electron chi connectivity index (χ0n) is 17.3. The summed E-state index contributed by atoms with van der Waals surface area (Å²) >= 11 is 0. The number of nitrogens with one attached hydrogen (secondary N) is 1. The molecule has 4 aromatic rings. The quantitative estimate of drug-likeness (QED) is 0.563. The van der Waals surface area contributed by atoms with Gasteiger partial charge in [-0.05, 0) is 33.8 Å². The molecule has 0 aliphatic rings. The highest BCUT2D eigenvalue weighted by Crippen LogP contribution is 2.29. The van der Waals surface area contributed by atoms with Gasteiger partial charge < -0.3 is 5.32 Å². The van der Waals surface area contributed by atoms with Crippen molar-refractivity contribution in [2.24, 2.45) is 7.05 Å². The van der Waals surface area contributed by atoms with Gasteiger partial charge in [-0.25, -0.2) is 4.98 Å². The summed E-state index contributed by atoms with van der Waals surface area (Å²) in [4.78, 5) is 17.9. The molecule has 4 aromatic heterocycles. The summed E-state index contributed by atoms with van der Waals surface area (Å²) in [7, 11) is 1.82. The van der Waals surface area contributed by atoms with Gasteiger partial charge in [0.25, 0.3) is 5.91 Å². The topological polar surface area (TPSA) is 95.5 Å². The molecule has 0 atom stereocenters. The minimum Gasteiger partial charge on any atom is -0.305 e. The third-order valence-corrected chi connectivity index (χ3v) is 5.09. The average molecular weight is 392 g/mol. The first-order valence-corrected chi connectivity index (χ1v) is 9.64. The van der Waals surface area contributed by atoms with E-state index in [9.17, 15) is 4.79 Å². The average Bonchev–Trinajstić information content (AvgIpc) is 3.39. The summed E-state index contributed by atoms with van der Waals surface area (Å²) in [5, 5.41) is 16.8. The maximum atomic E-state index is 13.1. The molecule has 0 aliphatic heterocycles. The van der Waals surface area contributed by atoms with Crippen LogP contribution in [0.3, 0.4) is 0 Å². The minimum absolute atomic E-state index is 0.244. The number of nitrogens with zero attached hydrogens (tertiary/aromatic N) is 7. The lowest BCUT2D eigenvalue weighted by Crippen LogP contribution is -2.14. The van der Waals surface area contributed by atoms with Crippen molar-refractivity contribution in [3.8, 4) is 11.3 Å². The molecule has 0 radical (unpaired) electrons. The number of fused-ring (bicyclic) bond motifs is 1. The number of hydrogen-bond acceptors (Lipinski definition) is 5. The Balaban J connectivity index is 1.83. The number of rotatable bonds is 5. The molecule has 29 heavy (non-hydrogen) atoms. The number of aryl methyl sites for hydroxylation is 4. The fourth-order valence-corrected chi connectivity index (χ4v) is 3.59. The third kappa shape index (κ3) is 3.18. The maximum absolute atomic E-state index is 13.1. The molecular weight excluding hydrogens is 368 g/mol. The first-order valence-electron chi connectivity index (χ1n) is 9.64. The second-order valence-corrected chi connectivity index (χ2v) is 6.93. The molecule has 9 nitrogen and oxygen atoms in total. The standard InChI is InChI=1S/C20H24N8O/c1-6-27-9-8-17(25-27)23-20(29)14-10-16(22-19-15(14)11-21-26(19)5)18-12(3)24-28(7-2)13(18)4/h8-11H,6-7H2,1-5H3,(H,23,25,29). The van der Waals surface area contributed by atoms with E-state index >= 15 is 0 Å². The second kappa shape index (κ2) is 7.16. The van der Waals surface area contributed by atoms with Crippen molar-refractivity contribution in [1.29, 1.82) is 0 Å². The summed E-state index contributed by atoms with van der Waals surface area (Å²) in [6, 6.07) is 3.59. The summed E-state index contributed by atoms with van der Waals surface area (Å²) in [5.41, 5.74) is 4.71. The van der Waals surface area contributed by atoms with Gasteiger partial charge in [0.15, 0.2) is 11.5 Å². The van der Waals surface area contributed by atoms with Gasteiger partial charge in [0.05, 0.1) is 28.5 Å². The highest BCUT2D eigenvalue weighted by molar-refractivity contribution is 6.12. The molecule has 0 saturated heterocycles. The van der Waals surface area contributed by atoms with E-state index in [1.54, 1.807) is 21.6 Å². The van der Waals surface area contributed by atoms with Crippen LogP contribution in [-0.4, -0.2) is 40.2 Å². The smallest absolute Gasteiger partial charge is 0.257 e. The molecule has 4 rings (SSSR count). The van der Waals surface area contributed by atoms with Gasteiger partial charge in [0, 0.05) is 43.7 Å². The number of aromatic nitrogens is 7. The largest absolute Gasteiger partial charge is 0.305 e. The van der Waals surface area contributed by atoms with Gasteiger partial charge in [-0.1, -0.05) is 0 Å². The second-order valence-electron chi connectivity index (χ2n) is 6.93. The molecule has 0 aliphatic carbocycles. The van der Waals surface area contributed by atoms with Crippen molar-refractivity contribution >= 4 is 22.8 Å². The van der Waals surface area contributed by atoms with E-state index in [0.29, 0.717) is 28.1 Å². The molecule has 0 fully saturated rings. The molecule has 0 bridgehead atoms. The molecule has 1 N–H and O–H groups in total. The summed E-state index contributed by atoms with van der Waals surface area (Å²) < 4.78 is 5.38. The van der Waals surface area contributed by atoms with Crippen molar-refractivity contribution in [1.82, 2.24) is 34.3 Å². The van der Waals surface area contributed by atoms with Crippen molar-refractivity contribution in [3.05, 3.63) is 41.5 Å². The predicted molar refractivity (Wildman–Crippen MR) is 111 cm³/mol. The fourth-order valence-electron chi connectivity index (χ4n) is 3.59. The third-order valence-electron chi connectivity index (χ3n) is 5.09. The van der Waals surface area contributed by atoms with Gasteiger partial charge in [-0.15, -0.1) is 0 Å². The first kappa shape index (κ1) is 18.9. The van der Waals surface area contributed by atoms with Gasteiger partial charge in [0.2, 0.25) is 0 Å².